The van der Waals surface area contributed by atoms with Crippen molar-refractivity contribution >= 4 is 5.97 Å². The first-order valence-corrected chi connectivity index (χ1v) is 6.84. The highest BCUT2D eigenvalue weighted by atomic mass is 19.1. The molecule has 112 valence electrons. The zero-order chi connectivity index (χ0) is 15.0. The third kappa shape index (κ3) is 5.27. The lowest BCUT2D eigenvalue weighted by Crippen LogP contribution is -2.39. The number of hydrogen-bond donors (Lipinski definition) is 2. The second kappa shape index (κ2) is 8.66. The maximum absolute atomic E-state index is 13.0. The number of nitrogens with one attached hydrogen (secondary N) is 1. The fourth-order valence-electron chi connectivity index (χ4n) is 1.82. The second-order valence-electron chi connectivity index (χ2n) is 4.70. The van der Waals surface area contributed by atoms with Crippen molar-refractivity contribution in [3.8, 4) is 0 Å². The smallest absolute Gasteiger partial charge is 0.323 e. The monoisotopic (exact) mass is 283 g/mol. The minimum Gasteiger partial charge on any atom is -0.460 e. The van der Waals surface area contributed by atoms with Gasteiger partial charge in [-0.05, 0) is 49.6 Å². The van der Waals surface area contributed by atoms with E-state index in [0.29, 0.717) is 13.0 Å². The van der Waals surface area contributed by atoms with E-state index in [1.807, 2.05) is 6.92 Å². The molecule has 0 amide bonds. The van der Waals surface area contributed by atoms with E-state index in [1.165, 1.54) is 12.1 Å². The van der Waals surface area contributed by atoms with Crippen LogP contribution in [0.25, 0.3) is 0 Å². The van der Waals surface area contributed by atoms with Gasteiger partial charge in [0.1, 0.15) is 18.5 Å². The number of aryl methyl sites for hydroxylation is 1. The second-order valence-corrected chi connectivity index (χ2v) is 4.70. The summed E-state index contributed by atoms with van der Waals surface area (Å²) in [4.78, 5) is 11.9. The van der Waals surface area contributed by atoms with Gasteiger partial charge >= 0.3 is 5.97 Å². The molecule has 0 fully saturated rings. The van der Waals surface area contributed by atoms with Gasteiger partial charge in [-0.3, -0.25) is 4.79 Å². The van der Waals surface area contributed by atoms with Gasteiger partial charge in [0.05, 0.1) is 0 Å². The fraction of sp³-hybridized carbons (Fsp3) is 0.533. The summed E-state index contributed by atoms with van der Waals surface area (Å²) >= 11 is 0. The van der Waals surface area contributed by atoms with Crippen LogP contribution in [-0.2, 0) is 16.1 Å². The Bertz CT molecular complexity index is 437. The maximum Gasteiger partial charge on any atom is 0.323 e. The fourth-order valence-corrected chi connectivity index (χ4v) is 1.82. The van der Waals surface area contributed by atoms with E-state index in [4.69, 9.17) is 9.84 Å². The van der Waals surface area contributed by atoms with Gasteiger partial charge in [0.25, 0.3) is 0 Å². The Morgan fingerprint density at radius 1 is 1.50 bits per heavy atom. The van der Waals surface area contributed by atoms with Gasteiger partial charge in [0, 0.05) is 6.61 Å². The van der Waals surface area contributed by atoms with Gasteiger partial charge in [-0.1, -0.05) is 13.0 Å². The molecule has 0 spiro atoms. The first kappa shape index (κ1) is 16.6. The Balaban J connectivity index is 2.55. The van der Waals surface area contributed by atoms with E-state index in [-0.39, 0.29) is 19.0 Å². The molecule has 20 heavy (non-hydrogen) atoms. The molecule has 1 aromatic rings. The molecule has 0 unspecified atom stereocenters. The van der Waals surface area contributed by atoms with Crippen LogP contribution >= 0.6 is 0 Å². The van der Waals surface area contributed by atoms with E-state index in [0.717, 1.165) is 17.5 Å². The van der Waals surface area contributed by atoms with E-state index in [1.54, 1.807) is 13.0 Å². The molecule has 1 atom stereocenters. The summed E-state index contributed by atoms with van der Waals surface area (Å²) in [6, 6.07) is 3.86. The number of aliphatic hydroxyl groups excluding tert-OH is 1. The molecule has 0 aliphatic carbocycles. The lowest BCUT2D eigenvalue weighted by molar-refractivity contribution is -0.148. The average Bonchev–Trinajstić information content (AvgIpc) is 2.42. The third-order valence-electron chi connectivity index (χ3n) is 3.02. The molecule has 2 N–H and O–H groups in total. The van der Waals surface area contributed by atoms with Crippen molar-refractivity contribution in [1.82, 2.24) is 5.32 Å². The topological polar surface area (TPSA) is 58.6 Å². The van der Waals surface area contributed by atoms with Crippen LogP contribution in [0.5, 0.6) is 0 Å². The Labute approximate surface area is 119 Å². The summed E-state index contributed by atoms with van der Waals surface area (Å²) in [6.07, 6.45) is 1.22. The Morgan fingerprint density at radius 2 is 2.25 bits per heavy atom. The van der Waals surface area contributed by atoms with Crippen LogP contribution < -0.4 is 5.32 Å². The molecule has 0 aliphatic heterocycles. The molecule has 0 bridgehead atoms. The van der Waals surface area contributed by atoms with Crippen molar-refractivity contribution < 1.29 is 19.0 Å². The van der Waals surface area contributed by atoms with E-state index < -0.39 is 12.0 Å². The van der Waals surface area contributed by atoms with Crippen LogP contribution in [0.2, 0.25) is 0 Å². The van der Waals surface area contributed by atoms with Gasteiger partial charge in [-0.15, -0.1) is 0 Å². The number of ether oxygens (including phenoxy) is 1. The van der Waals surface area contributed by atoms with Crippen molar-refractivity contribution in [2.24, 2.45) is 0 Å². The summed E-state index contributed by atoms with van der Waals surface area (Å²) in [6.45, 7) is 4.49. The van der Waals surface area contributed by atoms with Crippen LogP contribution in [0.1, 0.15) is 30.9 Å². The van der Waals surface area contributed by atoms with Crippen molar-refractivity contribution in [2.45, 2.75) is 39.3 Å². The number of hydrogen-bond acceptors (Lipinski definition) is 4. The molecule has 4 nitrogen and oxygen atoms in total. The molecule has 1 aromatic carbocycles. The first-order valence-electron chi connectivity index (χ1n) is 6.84. The number of aliphatic hydroxyl groups is 1. The van der Waals surface area contributed by atoms with Gasteiger partial charge in [0.15, 0.2) is 0 Å². The molecular weight excluding hydrogens is 261 g/mol. The van der Waals surface area contributed by atoms with Crippen LogP contribution in [0.3, 0.4) is 0 Å². The van der Waals surface area contributed by atoms with Gasteiger partial charge in [-0.2, -0.15) is 0 Å². The van der Waals surface area contributed by atoms with Crippen LogP contribution in [0.15, 0.2) is 18.2 Å². The molecule has 0 aromatic heterocycles. The highest BCUT2D eigenvalue weighted by molar-refractivity contribution is 5.75. The predicted octanol–water partition coefficient (Wildman–Crippen LogP) is 1.93. The Kier molecular flexibility index (Phi) is 7.18. The Morgan fingerprint density at radius 3 is 2.85 bits per heavy atom. The van der Waals surface area contributed by atoms with Crippen LogP contribution in [0.4, 0.5) is 4.39 Å². The zero-order valence-electron chi connectivity index (χ0n) is 12.0. The number of rotatable bonds is 8. The molecule has 1 rings (SSSR count). The number of benzene rings is 1. The zero-order valence-corrected chi connectivity index (χ0v) is 12.0. The maximum atomic E-state index is 13.0. The standard InChI is InChI=1S/C15H22FNO3/c1-3-7-17-14(6-8-18)15(19)20-10-12-4-5-13(16)9-11(12)2/h4-5,9,14,17-18H,3,6-8,10H2,1-2H3/t14-/m0/s1. The molecule has 5 heteroatoms. The summed E-state index contributed by atoms with van der Waals surface area (Å²) in [5, 5.41) is 12.0. The van der Waals surface area contributed by atoms with Crippen molar-refractivity contribution in [2.75, 3.05) is 13.2 Å². The lowest BCUT2D eigenvalue weighted by Gasteiger charge is -2.16. The van der Waals surface area contributed by atoms with Crippen molar-refractivity contribution in [3.05, 3.63) is 35.1 Å². The predicted molar refractivity (Wildman–Crippen MR) is 74.7 cm³/mol. The quantitative estimate of drug-likeness (QED) is 0.716. The largest absolute Gasteiger partial charge is 0.460 e. The van der Waals surface area contributed by atoms with E-state index in [2.05, 4.69) is 5.32 Å². The molecule has 0 saturated carbocycles. The average molecular weight is 283 g/mol. The molecule has 0 heterocycles. The minimum absolute atomic E-state index is 0.0773. The highest BCUT2D eigenvalue weighted by Crippen LogP contribution is 2.12. The van der Waals surface area contributed by atoms with Crippen LogP contribution in [-0.4, -0.2) is 30.3 Å². The summed E-state index contributed by atoms with van der Waals surface area (Å²) in [7, 11) is 0. The van der Waals surface area contributed by atoms with E-state index in [9.17, 15) is 9.18 Å². The molecular formula is C15H22FNO3. The number of halogens is 1. The van der Waals surface area contributed by atoms with Gasteiger partial charge in [0.2, 0.25) is 0 Å². The number of esters is 1. The SMILES string of the molecule is CCCN[C@@H](CCO)C(=O)OCc1ccc(F)cc1C. The third-order valence-corrected chi connectivity index (χ3v) is 3.02. The van der Waals surface area contributed by atoms with Gasteiger partial charge in [-0.25, -0.2) is 4.39 Å². The summed E-state index contributed by atoms with van der Waals surface area (Å²) in [5.41, 5.74) is 1.52. The summed E-state index contributed by atoms with van der Waals surface area (Å²) in [5.74, 6) is -0.698. The van der Waals surface area contributed by atoms with Crippen molar-refractivity contribution in [1.29, 1.82) is 0 Å². The minimum atomic E-state index is -0.499. The number of carbonyl (C=O) groups excluding carboxylic acids is 1. The highest BCUT2D eigenvalue weighted by Gasteiger charge is 2.18. The number of carbonyl (C=O) groups is 1. The van der Waals surface area contributed by atoms with E-state index >= 15 is 0 Å². The van der Waals surface area contributed by atoms with Crippen LogP contribution in [0, 0.1) is 12.7 Å². The first-order chi connectivity index (χ1) is 9.58. The molecule has 0 radical (unpaired) electrons. The van der Waals surface area contributed by atoms with Gasteiger partial charge < -0.3 is 15.2 Å². The molecule has 0 aliphatic rings. The lowest BCUT2D eigenvalue weighted by atomic mass is 10.1. The Hall–Kier alpha value is -1.46. The molecule has 0 saturated heterocycles. The normalized spacial score (nSPS) is 12.2. The van der Waals surface area contributed by atoms with Crippen molar-refractivity contribution in [3.63, 3.8) is 0 Å². The summed E-state index contributed by atoms with van der Waals surface area (Å²) < 4.78 is 18.2.